The molecule has 16 heavy (non-hydrogen) atoms. The van der Waals surface area contributed by atoms with Gasteiger partial charge in [-0.1, -0.05) is 0 Å². The maximum Gasteiger partial charge on any atom is 0.0265 e. The Labute approximate surface area is 136 Å². The number of thioether (sulfide) groups is 2. The highest BCUT2D eigenvalue weighted by Crippen LogP contribution is 2.30. The molecule has 0 amide bonds. The molecule has 0 radical (unpaired) electrons. The van der Waals surface area contributed by atoms with E-state index >= 15 is 0 Å². The van der Waals surface area contributed by atoms with Crippen LogP contribution >= 0.6 is 86.7 Å². The molecule has 0 rings (SSSR count). The number of hydrogen-bond donors (Lipinski definition) is 5. The summed E-state index contributed by atoms with van der Waals surface area (Å²) in [5.74, 6) is 5.51. The van der Waals surface area contributed by atoms with Crippen molar-refractivity contribution >= 4 is 86.7 Å². The van der Waals surface area contributed by atoms with E-state index in [0.717, 1.165) is 34.5 Å². The second-order valence-corrected chi connectivity index (χ2v) is 7.96. The molecule has 7 heteroatoms. The minimum absolute atomic E-state index is 0.503. The molecule has 0 aromatic carbocycles. The van der Waals surface area contributed by atoms with Gasteiger partial charge in [0.2, 0.25) is 0 Å². The van der Waals surface area contributed by atoms with Crippen LogP contribution in [0.4, 0.5) is 0 Å². The molecule has 0 spiro atoms. The van der Waals surface area contributed by atoms with Crippen molar-refractivity contribution in [1.82, 2.24) is 0 Å². The van der Waals surface area contributed by atoms with Gasteiger partial charge >= 0.3 is 0 Å². The largest absolute Gasteiger partial charge is 0.179 e. The lowest BCUT2D eigenvalue weighted by molar-refractivity contribution is 0.943. The van der Waals surface area contributed by atoms with Crippen molar-refractivity contribution in [2.24, 2.45) is 0 Å². The van der Waals surface area contributed by atoms with Crippen LogP contribution in [-0.4, -0.2) is 50.3 Å². The first-order valence-corrected chi connectivity index (χ1v) is 10.2. The van der Waals surface area contributed by atoms with E-state index in [0.29, 0.717) is 15.7 Å². The van der Waals surface area contributed by atoms with E-state index in [9.17, 15) is 0 Å². The number of hydrogen-bond acceptors (Lipinski definition) is 7. The number of rotatable bonds is 10. The topological polar surface area (TPSA) is 0 Å². The van der Waals surface area contributed by atoms with Gasteiger partial charge in [-0.05, 0) is 5.75 Å². The zero-order valence-electron chi connectivity index (χ0n) is 9.03. The molecule has 0 aliphatic rings. The van der Waals surface area contributed by atoms with Gasteiger partial charge in [0.15, 0.2) is 0 Å². The first kappa shape index (κ1) is 18.4. The summed E-state index contributed by atoms with van der Waals surface area (Å²) < 4.78 is 0. The van der Waals surface area contributed by atoms with Gasteiger partial charge in [-0.2, -0.15) is 86.7 Å². The fourth-order valence-electron chi connectivity index (χ4n) is 1.12. The van der Waals surface area contributed by atoms with Gasteiger partial charge in [0, 0.05) is 44.5 Å². The molecule has 0 bridgehead atoms. The van der Waals surface area contributed by atoms with Crippen molar-refractivity contribution in [2.75, 3.05) is 34.5 Å². The third-order valence-corrected chi connectivity index (χ3v) is 8.25. The second-order valence-electron chi connectivity index (χ2n) is 3.16. The van der Waals surface area contributed by atoms with Crippen LogP contribution in [0.15, 0.2) is 0 Å². The molecule has 0 aliphatic heterocycles. The average Bonchev–Trinajstić information content (AvgIpc) is 2.33. The molecule has 0 heterocycles. The van der Waals surface area contributed by atoms with E-state index < -0.39 is 0 Å². The van der Waals surface area contributed by atoms with Gasteiger partial charge < -0.3 is 0 Å². The van der Waals surface area contributed by atoms with Crippen molar-refractivity contribution in [2.45, 2.75) is 15.7 Å². The first-order chi connectivity index (χ1) is 7.73. The van der Waals surface area contributed by atoms with Crippen LogP contribution in [-0.2, 0) is 0 Å². The smallest absolute Gasteiger partial charge is 0.0265 e. The minimum atomic E-state index is 0.503. The summed E-state index contributed by atoms with van der Waals surface area (Å²) in [6.07, 6.45) is 0. The van der Waals surface area contributed by atoms with Crippen molar-refractivity contribution in [3.8, 4) is 0 Å². The molecule has 0 aromatic heterocycles. The molecule has 2 unspecified atom stereocenters. The predicted molar refractivity (Wildman–Crippen MR) is 101 cm³/mol. The Hall–Kier alpha value is 2.45. The Balaban J connectivity index is 4.19. The standard InChI is InChI=1S/C9H20S7/c10-1-2-15-8(5-13)9(6-14)16-7(3-11)4-12/h7-14H,1-6H2. The Morgan fingerprint density at radius 2 is 1.31 bits per heavy atom. The molecule has 2 atom stereocenters. The lowest BCUT2D eigenvalue weighted by Crippen LogP contribution is -2.28. The van der Waals surface area contributed by atoms with E-state index in [1.807, 2.05) is 23.5 Å². The SMILES string of the molecule is SCCSC(CS)C(CS)SC(CS)CS. The monoisotopic (exact) mass is 352 g/mol. The van der Waals surface area contributed by atoms with Gasteiger partial charge in [0.05, 0.1) is 0 Å². The molecule has 0 fully saturated rings. The van der Waals surface area contributed by atoms with Gasteiger partial charge in [0.1, 0.15) is 0 Å². The molecule has 98 valence electrons. The molecule has 0 aliphatic carbocycles. The molecule has 0 nitrogen and oxygen atoms in total. The summed E-state index contributed by atoms with van der Waals surface area (Å²) in [4.78, 5) is 0. The fourth-order valence-corrected chi connectivity index (χ4v) is 6.06. The zero-order chi connectivity index (χ0) is 12.4. The van der Waals surface area contributed by atoms with Crippen molar-refractivity contribution in [1.29, 1.82) is 0 Å². The average molecular weight is 353 g/mol. The lowest BCUT2D eigenvalue weighted by Gasteiger charge is -2.26. The van der Waals surface area contributed by atoms with Crippen LogP contribution in [0.2, 0.25) is 0 Å². The van der Waals surface area contributed by atoms with Crippen molar-refractivity contribution in [3.63, 3.8) is 0 Å². The van der Waals surface area contributed by atoms with Gasteiger partial charge in [-0.3, -0.25) is 0 Å². The summed E-state index contributed by atoms with van der Waals surface area (Å²) >= 11 is 25.7. The summed E-state index contributed by atoms with van der Waals surface area (Å²) in [5.41, 5.74) is 0. The Bertz CT molecular complexity index is 151. The van der Waals surface area contributed by atoms with Gasteiger partial charge in [0.25, 0.3) is 0 Å². The molecule has 0 saturated carbocycles. The fraction of sp³-hybridized carbons (Fsp3) is 1.00. The maximum absolute atomic E-state index is 4.45. The van der Waals surface area contributed by atoms with E-state index in [1.165, 1.54) is 0 Å². The normalized spacial score (nSPS) is 15.4. The maximum atomic E-state index is 4.45. The molecule has 0 saturated heterocycles. The summed E-state index contributed by atoms with van der Waals surface area (Å²) in [7, 11) is 0. The van der Waals surface area contributed by atoms with Gasteiger partial charge in [-0.15, -0.1) is 0 Å². The lowest BCUT2D eigenvalue weighted by atomic mass is 10.3. The van der Waals surface area contributed by atoms with E-state index in [4.69, 9.17) is 0 Å². The van der Waals surface area contributed by atoms with Gasteiger partial charge in [-0.25, -0.2) is 0 Å². The van der Waals surface area contributed by atoms with E-state index in [-0.39, 0.29) is 0 Å². The summed E-state index contributed by atoms with van der Waals surface area (Å²) in [6, 6.07) is 0. The summed E-state index contributed by atoms with van der Waals surface area (Å²) in [5, 5.41) is 1.57. The number of thiol groups is 5. The zero-order valence-corrected chi connectivity index (χ0v) is 15.1. The van der Waals surface area contributed by atoms with Crippen LogP contribution in [0.3, 0.4) is 0 Å². The molecular formula is C9H20S7. The quantitative estimate of drug-likeness (QED) is 0.383. The Morgan fingerprint density at radius 1 is 0.750 bits per heavy atom. The van der Waals surface area contributed by atoms with Crippen LogP contribution < -0.4 is 0 Å². The van der Waals surface area contributed by atoms with Crippen LogP contribution in [0.1, 0.15) is 0 Å². The van der Waals surface area contributed by atoms with Crippen LogP contribution in [0.5, 0.6) is 0 Å². The predicted octanol–water partition coefficient (Wildman–Crippen LogP) is 3.21. The van der Waals surface area contributed by atoms with Crippen LogP contribution in [0, 0.1) is 0 Å². The molecular weight excluding hydrogens is 333 g/mol. The first-order valence-electron chi connectivity index (χ1n) is 5.04. The highest BCUT2D eigenvalue weighted by molar-refractivity contribution is 8.05. The van der Waals surface area contributed by atoms with Crippen molar-refractivity contribution in [3.05, 3.63) is 0 Å². The minimum Gasteiger partial charge on any atom is -0.179 e. The molecule has 0 N–H and O–H groups in total. The third kappa shape index (κ3) is 7.79. The van der Waals surface area contributed by atoms with Crippen LogP contribution in [0.25, 0.3) is 0 Å². The summed E-state index contributed by atoms with van der Waals surface area (Å²) in [6.45, 7) is 0. The van der Waals surface area contributed by atoms with E-state index in [2.05, 4.69) is 63.1 Å². The highest BCUT2D eigenvalue weighted by Gasteiger charge is 2.22. The molecule has 0 aromatic rings. The Morgan fingerprint density at radius 3 is 1.69 bits per heavy atom. The van der Waals surface area contributed by atoms with Crippen molar-refractivity contribution < 1.29 is 0 Å². The Kier molecular flexibility index (Phi) is 14.4. The van der Waals surface area contributed by atoms with E-state index in [1.54, 1.807) is 0 Å². The third-order valence-electron chi connectivity index (χ3n) is 1.97. The second kappa shape index (κ2) is 12.5. The highest BCUT2D eigenvalue weighted by atomic mass is 32.2.